The molecular weight excluding hydrogens is 346 g/mol. The average molecular weight is 363 g/mol. The highest BCUT2D eigenvalue weighted by molar-refractivity contribution is 6.02. The third-order valence-electron chi connectivity index (χ3n) is 3.56. The number of anilines is 1. The van der Waals surface area contributed by atoms with Crippen LogP contribution >= 0.6 is 0 Å². The van der Waals surface area contributed by atoms with E-state index in [-0.39, 0.29) is 41.0 Å². The van der Waals surface area contributed by atoms with E-state index in [1.54, 1.807) is 0 Å². The number of alkyl halides is 3. The van der Waals surface area contributed by atoms with Gasteiger partial charge in [0.2, 0.25) is 0 Å². The van der Waals surface area contributed by atoms with Crippen LogP contribution < -0.4 is 4.90 Å². The second-order valence-corrected chi connectivity index (χ2v) is 5.52. The van der Waals surface area contributed by atoms with E-state index in [0.717, 1.165) is 12.1 Å². The van der Waals surface area contributed by atoms with Gasteiger partial charge in [0.25, 0.3) is 0 Å². The standard InChI is InChI=1S/C16H17F4NO4/c1-9-7-11(8-10(2)13(9)17)21(15(25)16(18,19)20)12(14(23)24)5-3-4-6-22/h6-8,12H,3-5H2,1-2H3,(H,23,24)/t12-/m1/s1. The molecule has 0 unspecified atom stereocenters. The van der Waals surface area contributed by atoms with E-state index in [9.17, 15) is 37.1 Å². The number of unbranched alkanes of at least 4 members (excludes halogenated alkanes) is 1. The maximum absolute atomic E-state index is 13.7. The normalized spacial score (nSPS) is 12.6. The molecule has 0 aromatic heterocycles. The summed E-state index contributed by atoms with van der Waals surface area (Å²) in [4.78, 5) is 33.7. The van der Waals surface area contributed by atoms with Crippen molar-refractivity contribution in [3.8, 4) is 0 Å². The highest BCUT2D eigenvalue weighted by Gasteiger charge is 2.47. The van der Waals surface area contributed by atoms with Gasteiger partial charge in [-0.2, -0.15) is 13.2 Å². The van der Waals surface area contributed by atoms with Crippen molar-refractivity contribution in [1.82, 2.24) is 0 Å². The number of aryl methyl sites for hydroxylation is 2. The lowest BCUT2D eigenvalue weighted by Crippen LogP contribution is -2.51. The average Bonchev–Trinajstić information content (AvgIpc) is 2.50. The number of carbonyl (C=O) groups excluding carboxylic acids is 2. The van der Waals surface area contributed by atoms with Crippen molar-refractivity contribution in [3.63, 3.8) is 0 Å². The van der Waals surface area contributed by atoms with Gasteiger partial charge in [-0.05, 0) is 49.9 Å². The van der Waals surface area contributed by atoms with Gasteiger partial charge in [-0.25, -0.2) is 9.18 Å². The Morgan fingerprint density at radius 2 is 1.76 bits per heavy atom. The van der Waals surface area contributed by atoms with Gasteiger partial charge in [0.1, 0.15) is 18.1 Å². The number of carboxylic acids is 1. The van der Waals surface area contributed by atoms with E-state index in [1.165, 1.54) is 13.8 Å². The predicted octanol–water partition coefficient (Wildman–Crippen LogP) is 3.16. The predicted molar refractivity (Wildman–Crippen MR) is 80.8 cm³/mol. The second kappa shape index (κ2) is 8.09. The van der Waals surface area contributed by atoms with Gasteiger partial charge in [-0.1, -0.05) is 0 Å². The van der Waals surface area contributed by atoms with Crippen LogP contribution in [0.15, 0.2) is 12.1 Å². The number of aldehydes is 1. The quantitative estimate of drug-likeness (QED) is 0.459. The molecule has 0 bridgehead atoms. The van der Waals surface area contributed by atoms with E-state index in [4.69, 9.17) is 0 Å². The maximum atomic E-state index is 13.7. The molecule has 0 spiro atoms. The maximum Gasteiger partial charge on any atom is 0.471 e. The van der Waals surface area contributed by atoms with Crippen LogP contribution in [0.2, 0.25) is 0 Å². The summed E-state index contributed by atoms with van der Waals surface area (Å²) in [6.45, 7) is 2.59. The highest BCUT2D eigenvalue weighted by atomic mass is 19.4. The molecule has 0 aliphatic heterocycles. The lowest BCUT2D eigenvalue weighted by molar-refractivity contribution is -0.171. The van der Waals surface area contributed by atoms with Crippen LogP contribution in [0.25, 0.3) is 0 Å². The Morgan fingerprint density at radius 3 is 2.16 bits per heavy atom. The number of benzene rings is 1. The number of rotatable bonds is 7. The number of hydrogen-bond donors (Lipinski definition) is 1. The summed E-state index contributed by atoms with van der Waals surface area (Å²) in [7, 11) is 0. The first kappa shape index (κ1) is 20.6. The van der Waals surface area contributed by atoms with Crippen LogP contribution in [-0.4, -0.2) is 35.5 Å². The van der Waals surface area contributed by atoms with Crippen LogP contribution in [0.1, 0.15) is 30.4 Å². The van der Waals surface area contributed by atoms with Crippen molar-refractivity contribution in [1.29, 1.82) is 0 Å². The molecule has 0 fully saturated rings. The number of aliphatic carboxylic acids is 1. The zero-order valence-corrected chi connectivity index (χ0v) is 13.6. The molecule has 0 heterocycles. The van der Waals surface area contributed by atoms with Crippen molar-refractivity contribution in [3.05, 3.63) is 29.1 Å². The number of halogens is 4. The number of hydrogen-bond acceptors (Lipinski definition) is 3. The Balaban J connectivity index is 3.44. The molecule has 1 N–H and O–H groups in total. The molecule has 1 rings (SSSR count). The van der Waals surface area contributed by atoms with Crippen LogP contribution in [0.3, 0.4) is 0 Å². The minimum absolute atomic E-state index is 0.0126. The Kier molecular flexibility index (Phi) is 6.66. The van der Waals surface area contributed by atoms with Gasteiger partial charge in [0, 0.05) is 12.1 Å². The van der Waals surface area contributed by atoms with Crippen LogP contribution in [0.5, 0.6) is 0 Å². The van der Waals surface area contributed by atoms with Gasteiger partial charge >= 0.3 is 18.1 Å². The molecule has 5 nitrogen and oxygen atoms in total. The zero-order chi connectivity index (χ0) is 19.4. The molecule has 9 heteroatoms. The monoisotopic (exact) mass is 363 g/mol. The van der Waals surface area contributed by atoms with Crippen LogP contribution in [0, 0.1) is 19.7 Å². The van der Waals surface area contributed by atoms with Crippen LogP contribution in [0.4, 0.5) is 23.2 Å². The smallest absolute Gasteiger partial charge is 0.471 e. The topological polar surface area (TPSA) is 74.7 Å². The number of carboxylic acid groups (broad SMARTS) is 1. The molecule has 0 saturated heterocycles. The van der Waals surface area contributed by atoms with Gasteiger partial charge in [0.15, 0.2) is 0 Å². The minimum atomic E-state index is -5.31. The molecule has 1 aromatic rings. The Labute approximate surface area is 141 Å². The summed E-state index contributed by atoms with van der Waals surface area (Å²) in [5.41, 5.74) is -0.406. The van der Waals surface area contributed by atoms with E-state index in [2.05, 4.69) is 0 Å². The van der Waals surface area contributed by atoms with E-state index in [1.807, 2.05) is 0 Å². The summed E-state index contributed by atoms with van der Waals surface area (Å²) in [6.07, 6.45) is -5.23. The van der Waals surface area contributed by atoms with Gasteiger partial charge in [0.05, 0.1) is 0 Å². The summed E-state index contributed by atoms with van der Waals surface area (Å²) in [5, 5.41) is 9.29. The fourth-order valence-corrected chi connectivity index (χ4v) is 2.39. The first-order chi connectivity index (χ1) is 11.5. The molecule has 1 aromatic carbocycles. The van der Waals surface area contributed by atoms with Crippen molar-refractivity contribution < 1.29 is 37.1 Å². The second-order valence-electron chi connectivity index (χ2n) is 5.52. The molecular formula is C16H17F4NO4. The van der Waals surface area contributed by atoms with E-state index >= 15 is 0 Å². The minimum Gasteiger partial charge on any atom is -0.480 e. The number of amides is 1. The van der Waals surface area contributed by atoms with Gasteiger partial charge in [-0.3, -0.25) is 9.69 Å². The van der Waals surface area contributed by atoms with Crippen molar-refractivity contribution >= 4 is 23.9 Å². The van der Waals surface area contributed by atoms with Gasteiger partial charge < -0.3 is 9.90 Å². The summed E-state index contributed by atoms with van der Waals surface area (Å²) < 4.78 is 52.6. The lowest BCUT2D eigenvalue weighted by atomic mass is 10.0. The van der Waals surface area contributed by atoms with E-state index in [0.29, 0.717) is 6.29 Å². The summed E-state index contributed by atoms with van der Waals surface area (Å²) in [5.74, 6) is -4.67. The SMILES string of the molecule is Cc1cc(N(C(=O)C(F)(F)F)[C@H](CCCC=O)C(=O)O)cc(C)c1F. The van der Waals surface area contributed by atoms with Crippen molar-refractivity contribution in [2.45, 2.75) is 45.3 Å². The van der Waals surface area contributed by atoms with Crippen molar-refractivity contribution in [2.24, 2.45) is 0 Å². The molecule has 0 saturated carbocycles. The fraction of sp³-hybridized carbons (Fsp3) is 0.438. The number of carbonyl (C=O) groups is 3. The summed E-state index contributed by atoms with van der Waals surface area (Å²) in [6, 6.07) is 0.141. The third-order valence-corrected chi connectivity index (χ3v) is 3.56. The highest BCUT2D eigenvalue weighted by Crippen LogP contribution is 2.30. The molecule has 1 atom stereocenters. The molecule has 25 heavy (non-hydrogen) atoms. The molecule has 1 amide bonds. The summed E-state index contributed by atoms with van der Waals surface area (Å²) >= 11 is 0. The zero-order valence-electron chi connectivity index (χ0n) is 13.6. The van der Waals surface area contributed by atoms with Crippen LogP contribution in [-0.2, 0) is 14.4 Å². The molecule has 0 aliphatic rings. The Bertz CT molecular complexity index is 650. The lowest BCUT2D eigenvalue weighted by Gasteiger charge is -2.30. The first-order valence-electron chi connectivity index (χ1n) is 7.34. The molecule has 0 aliphatic carbocycles. The number of nitrogens with zero attached hydrogens (tertiary/aromatic N) is 1. The Morgan fingerprint density at radius 1 is 1.24 bits per heavy atom. The van der Waals surface area contributed by atoms with Crippen molar-refractivity contribution in [2.75, 3.05) is 4.90 Å². The first-order valence-corrected chi connectivity index (χ1v) is 7.34. The fourth-order valence-electron chi connectivity index (χ4n) is 2.39. The molecule has 138 valence electrons. The largest absolute Gasteiger partial charge is 0.480 e. The molecule has 0 radical (unpaired) electrons. The van der Waals surface area contributed by atoms with Gasteiger partial charge in [-0.15, -0.1) is 0 Å². The third kappa shape index (κ3) is 5.01. The van der Waals surface area contributed by atoms with E-state index < -0.39 is 29.9 Å². The Hall–Kier alpha value is -2.45.